The highest BCUT2D eigenvalue weighted by molar-refractivity contribution is 7.89. The van der Waals surface area contributed by atoms with Crippen molar-refractivity contribution in [1.82, 2.24) is 14.9 Å². The fourth-order valence-electron chi connectivity index (χ4n) is 7.35. The van der Waals surface area contributed by atoms with Gasteiger partial charge in [-0.05, 0) is 77.4 Å². The van der Waals surface area contributed by atoms with E-state index in [1.807, 2.05) is 104 Å². The highest BCUT2D eigenvalue weighted by Crippen LogP contribution is 2.39. The summed E-state index contributed by atoms with van der Waals surface area (Å²) in [5.41, 5.74) is 7.23. The molecule has 0 aliphatic carbocycles. The third-order valence-corrected chi connectivity index (χ3v) is 11.9. The first-order valence-electron chi connectivity index (χ1n) is 19.1. The predicted molar refractivity (Wildman–Crippen MR) is 215 cm³/mol. The summed E-state index contributed by atoms with van der Waals surface area (Å²) in [7, 11) is -3.97. The van der Waals surface area contributed by atoms with E-state index in [-0.39, 0.29) is 42.8 Å². The first kappa shape index (κ1) is 39.5. The van der Waals surface area contributed by atoms with Crippen LogP contribution < -0.4 is 10.0 Å². The van der Waals surface area contributed by atoms with Gasteiger partial charge in [-0.15, -0.1) is 0 Å². The number of aliphatic hydroxyl groups excluding tert-OH is 2. The maximum absolute atomic E-state index is 13.7. The van der Waals surface area contributed by atoms with Gasteiger partial charge in [0.2, 0.25) is 15.9 Å². The zero-order valence-corrected chi connectivity index (χ0v) is 32.3. The molecule has 10 nitrogen and oxygen atoms in total. The molecule has 0 unspecified atom stereocenters. The van der Waals surface area contributed by atoms with Crippen LogP contribution in [0.4, 0.5) is 0 Å². The van der Waals surface area contributed by atoms with E-state index in [1.54, 1.807) is 12.1 Å². The van der Waals surface area contributed by atoms with Crippen molar-refractivity contribution in [3.05, 3.63) is 161 Å². The lowest BCUT2D eigenvalue weighted by Crippen LogP contribution is -2.47. The number of hydrogen-bond acceptors (Lipinski definition) is 8. The first-order chi connectivity index (χ1) is 27.1. The number of carbonyl (C=O) groups is 1. The van der Waals surface area contributed by atoms with Gasteiger partial charge in [0.1, 0.15) is 6.04 Å². The third-order valence-electron chi connectivity index (χ3n) is 10.4. The number of aliphatic hydroxyl groups is 2. The molecular weight excluding hydrogens is 727 g/mol. The highest BCUT2D eigenvalue weighted by atomic mass is 32.2. The van der Waals surface area contributed by atoms with Crippen LogP contribution in [0, 0.1) is 6.92 Å². The van der Waals surface area contributed by atoms with Gasteiger partial charge in [-0.25, -0.2) is 8.42 Å². The lowest BCUT2D eigenvalue weighted by molar-refractivity contribution is -0.252. The maximum Gasteiger partial charge on any atom is 0.241 e. The molecule has 56 heavy (non-hydrogen) atoms. The van der Waals surface area contributed by atoms with Crippen LogP contribution in [0.25, 0.3) is 11.1 Å². The second-order valence-corrected chi connectivity index (χ2v) is 16.5. The lowest BCUT2D eigenvalue weighted by atomic mass is 9.98. The topological polar surface area (TPSA) is 137 Å². The van der Waals surface area contributed by atoms with E-state index < -0.39 is 28.3 Å². The van der Waals surface area contributed by atoms with Gasteiger partial charge < -0.3 is 25.0 Å². The molecule has 1 amide bonds. The van der Waals surface area contributed by atoms with E-state index in [2.05, 4.69) is 21.0 Å². The summed E-state index contributed by atoms with van der Waals surface area (Å²) >= 11 is 0. The molecule has 5 aromatic carbocycles. The summed E-state index contributed by atoms with van der Waals surface area (Å²) in [6.45, 7) is 4.20. The number of hydrogen-bond donors (Lipinski definition) is 4. The fourth-order valence-corrected chi connectivity index (χ4v) is 8.54. The van der Waals surface area contributed by atoms with Gasteiger partial charge in [-0.3, -0.25) is 9.69 Å². The van der Waals surface area contributed by atoms with E-state index in [9.17, 15) is 23.4 Å². The van der Waals surface area contributed by atoms with E-state index >= 15 is 0 Å². The molecule has 0 spiro atoms. The number of rotatable bonds is 14. The number of nitrogens with one attached hydrogen (secondary N) is 2. The van der Waals surface area contributed by atoms with Crippen molar-refractivity contribution in [2.75, 3.05) is 19.6 Å². The van der Waals surface area contributed by atoms with Crippen LogP contribution in [0.1, 0.15) is 58.6 Å². The van der Waals surface area contributed by atoms with Crippen LogP contribution in [0.15, 0.2) is 132 Å². The number of benzene rings is 5. The van der Waals surface area contributed by atoms with Gasteiger partial charge >= 0.3 is 0 Å². The number of sulfonamides is 1. The van der Waals surface area contributed by atoms with Gasteiger partial charge in [0.25, 0.3) is 0 Å². The first-order valence-corrected chi connectivity index (χ1v) is 20.6. The number of likely N-dealkylation sites (tertiary alicyclic amines) is 1. The molecule has 2 heterocycles. The Morgan fingerprint density at radius 3 is 2.25 bits per heavy atom. The van der Waals surface area contributed by atoms with Gasteiger partial charge in [-0.1, -0.05) is 109 Å². The molecule has 0 radical (unpaired) electrons. The number of nitrogens with zero attached hydrogens (tertiary/aromatic N) is 1. The molecule has 2 aliphatic rings. The Bertz CT molecular complexity index is 2180. The Balaban J connectivity index is 1.06. The van der Waals surface area contributed by atoms with Crippen molar-refractivity contribution in [3.8, 4) is 11.1 Å². The summed E-state index contributed by atoms with van der Waals surface area (Å²) in [5.74, 6) is -0.429. The quantitative estimate of drug-likeness (QED) is 0.108. The minimum absolute atomic E-state index is 0.0251. The molecule has 4 N–H and O–H groups in total. The van der Waals surface area contributed by atoms with E-state index in [0.717, 1.165) is 57.5 Å². The van der Waals surface area contributed by atoms with Crippen molar-refractivity contribution in [2.45, 2.75) is 74.9 Å². The number of amides is 1. The smallest absolute Gasteiger partial charge is 0.241 e. The van der Waals surface area contributed by atoms with Gasteiger partial charge in [0.05, 0.1) is 29.8 Å². The van der Waals surface area contributed by atoms with E-state index in [4.69, 9.17) is 9.47 Å². The van der Waals surface area contributed by atoms with Gasteiger partial charge in [-0.2, -0.15) is 4.72 Å². The molecule has 2 fully saturated rings. The minimum Gasteiger partial charge on any atom is -0.392 e. The fraction of sp³-hybridized carbons (Fsp3) is 0.311. The van der Waals surface area contributed by atoms with Crippen LogP contribution >= 0.6 is 0 Å². The monoisotopic (exact) mass is 775 g/mol. The molecule has 0 aromatic heterocycles. The average molecular weight is 776 g/mol. The highest BCUT2D eigenvalue weighted by Gasteiger charge is 2.34. The largest absolute Gasteiger partial charge is 0.392 e. The zero-order valence-electron chi connectivity index (χ0n) is 31.5. The van der Waals surface area contributed by atoms with Crippen molar-refractivity contribution < 1.29 is 32.9 Å². The second kappa shape index (κ2) is 18.0. The molecule has 5 aromatic rings. The molecular formula is C45H49N3O7S. The lowest BCUT2D eigenvalue weighted by Gasteiger charge is -2.38. The Labute approximate surface area is 329 Å². The van der Waals surface area contributed by atoms with E-state index in [0.29, 0.717) is 19.5 Å². The predicted octanol–water partition coefficient (Wildman–Crippen LogP) is 5.97. The molecule has 5 atom stereocenters. The summed E-state index contributed by atoms with van der Waals surface area (Å²) < 4.78 is 42.6. The van der Waals surface area contributed by atoms with Crippen LogP contribution in [0.2, 0.25) is 0 Å². The molecule has 7 rings (SSSR count). The van der Waals surface area contributed by atoms with Crippen molar-refractivity contribution in [1.29, 1.82) is 0 Å². The van der Waals surface area contributed by atoms with E-state index in [1.165, 1.54) is 12.1 Å². The van der Waals surface area contributed by atoms with Crippen molar-refractivity contribution in [2.24, 2.45) is 0 Å². The van der Waals surface area contributed by atoms with Crippen LogP contribution in [-0.2, 0) is 43.9 Å². The van der Waals surface area contributed by atoms with Crippen molar-refractivity contribution >= 4 is 15.9 Å². The molecule has 292 valence electrons. The van der Waals surface area contributed by atoms with Crippen LogP contribution in [-0.4, -0.2) is 67.3 Å². The molecule has 0 saturated carbocycles. The van der Waals surface area contributed by atoms with Crippen LogP contribution in [0.5, 0.6) is 0 Å². The normalized spacial score (nSPS) is 20.8. The SMILES string of the molecule is Cc1ccc(S(=O)(=O)N[C@H](Cc2ccccc2)C(=O)NCc2cccc(-c3cccc([C@@H]4O[C@H](CN5CC[C@H](O)C5)C[C@H](c5ccc(CO)cc5)O4)c3)c2)cc1. The van der Waals surface area contributed by atoms with Crippen LogP contribution in [0.3, 0.4) is 0 Å². The van der Waals surface area contributed by atoms with Crippen molar-refractivity contribution in [3.63, 3.8) is 0 Å². The second-order valence-electron chi connectivity index (χ2n) is 14.8. The summed E-state index contributed by atoms with van der Waals surface area (Å²) in [6.07, 6.45) is 0.313. The standard InChI is InChI=1S/C45H49N3O7S/c1-31-13-19-41(20-14-31)56(52,53)47-42(24-32-7-3-2-4-8-32)44(51)46-27-34-9-5-10-36(23-34)37-11-6-12-38(25-37)45-54-40(29-48-22-21-39(50)28-48)26-43(55-45)35-17-15-33(30-49)16-18-35/h2-20,23,25,39-40,42-43,45,47,49-50H,21-22,24,26-30H2,1H3,(H,46,51)/t39-,40-,42+,43+,45+/m0/s1. The molecule has 0 bridgehead atoms. The van der Waals surface area contributed by atoms with Gasteiger partial charge in [0.15, 0.2) is 6.29 Å². The average Bonchev–Trinajstić information content (AvgIpc) is 3.64. The summed E-state index contributed by atoms with van der Waals surface area (Å²) in [6, 6.07) is 38.6. The zero-order chi connectivity index (χ0) is 39.1. The maximum atomic E-state index is 13.7. The Hall–Kier alpha value is -4.72. The Morgan fingerprint density at radius 2 is 1.54 bits per heavy atom. The number of ether oxygens (including phenoxy) is 2. The molecule has 2 saturated heterocycles. The number of carbonyl (C=O) groups excluding carboxylic acids is 1. The molecule has 11 heteroatoms. The minimum atomic E-state index is -3.97. The third kappa shape index (κ3) is 10.2. The number of aryl methyl sites for hydroxylation is 1. The Morgan fingerprint density at radius 1 is 0.821 bits per heavy atom. The summed E-state index contributed by atoms with van der Waals surface area (Å²) in [5, 5.41) is 22.7. The molecule has 2 aliphatic heterocycles. The summed E-state index contributed by atoms with van der Waals surface area (Å²) in [4.78, 5) is 16.0. The van der Waals surface area contributed by atoms with Gasteiger partial charge in [0, 0.05) is 38.2 Å². The number of β-amino-alcohol motifs (C(OH)–C–C–N with tert-alkyl or cyclic N) is 1. The Kier molecular flexibility index (Phi) is 12.7.